The monoisotopic (exact) mass is 240 g/mol. The van der Waals surface area contributed by atoms with Gasteiger partial charge in [0.25, 0.3) is 0 Å². The normalized spacial score (nSPS) is 14.0. The molecule has 0 aliphatic heterocycles. The number of hydrogen-bond donors (Lipinski definition) is 2. The van der Waals surface area contributed by atoms with Crippen LogP contribution in [0, 0.1) is 0 Å². The maximum atomic E-state index is 12.3. The fourth-order valence-electron chi connectivity index (χ4n) is 0.978. The Morgan fingerprint density at radius 2 is 2.13 bits per heavy atom. The number of alkyl halides is 3. The summed E-state index contributed by atoms with van der Waals surface area (Å²) in [5.41, 5.74) is 4.41. The molecule has 1 aromatic rings. The highest BCUT2D eigenvalue weighted by atomic mass is 35.5. The number of aliphatic hydroxyl groups excluding tert-OH is 1. The number of nitrogens with zero attached hydrogens (tertiary/aromatic N) is 1. The van der Waals surface area contributed by atoms with Gasteiger partial charge in [0.15, 0.2) is 0 Å². The molecule has 0 spiro atoms. The first-order valence-electron chi connectivity index (χ1n) is 3.95. The molecule has 15 heavy (non-hydrogen) atoms. The Hall–Kier alpha value is -0.850. The van der Waals surface area contributed by atoms with E-state index in [1.165, 1.54) is 0 Å². The van der Waals surface area contributed by atoms with Crippen LogP contribution in [0.25, 0.3) is 0 Å². The molecule has 1 atom stereocenters. The van der Waals surface area contributed by atoms with Crippen LogP contribution in [0.4, 0.5) is 13.2 Å². The van der Waals surface area contributed by atoms with Crippen LogP contribution >= 0.6 is 11.6 Å². The van der Waals surface area contributed by atoms with E-state index in [9.17, 15) is 13.2 Å². The Morgan fingerprint density at radius 3 is 2.60 bits per heavy atom. The molecule has 1 rings (SSSR count). The van der Waals surface area contributed by atoms with Crippen LogP contribution in [-0.4, -0.2) is 16.7 Å². The molecule has 0 aromatic carbocycles. The van der Waals surface area contributed by atoms with E-state index < -0.39 is 24.4 Å². The Morgan fingerprint density at radius 1 is 1.53 bits per heavy atom. The second kappa shape index (κ2) is 4.34. The molecule has 7 heteroatoms. The number of rotatable bonds is 2. The lowest BCUT2D eigenvalue weighted by atomic mass is 10.1. The van der Waals surface area contributed by atoms with Gasteiger partial charge in [-0.05, 0) is 6.07 Å². The molecule has 0 fully saturated rings. The molecular formula is C8H8ClF3N2O. The van der Waals surface area contributed by atoms with E-state index in [1.54, 1.807) is 0 Å². The Bertz CT molecular complexity index is 356. The van der Waals surface area contributed by atoms with Crippen molar-refractivity contribution >= 4 is 11.6 Å². The zero-order valence-electron chi connectivity index (χ0n) is 7.42. The average Bonchev–Trinajstić information content (AvgIpc) is 2.15. The fraction of sp³-hybridized carbons (Fsp3) is 0.375. The summed E-state index contributed by atoms with van der Waals surface area (Å²) < 4.78 is 36.8. The van der Waals surface area contributed by atoms with Gasteiger partial charge in [-0.3, -0.25) is 0 Å². The quantitative estimate of drug-likeness (QED) is 0.775. The van der Waals surface area contributed by atoms with Crippen molar-refractivity contribution in [1.82, 2.24) is 4.98 Å². The van der Waals surface area contributed by atoms with Crippen LogP contribution in [0.2, 0.25) is 5.15 Å². The highest BCUT2D eigenvalue weighted by Crippen LogP contribution is 2.31. The fourth-order valence-corrected chi connectivity index (χ4v) is 1.22. The lowest BCUT2D eigenvalue weighted by molar-refractivity contribution is -0.137. The molecule has 0 amide bonds. The van der Waals surface area contributed by atoms with Crippen LogP contribution in [-0.2, 0) is 6.18 Å². The van der Waals surface area contributed by atoms with Crippen molar-refractivity contribution in [2.75, 3.05) is 6.61 Å². The largest absolute Gasteiger partial charge is 0.417 e. The second-order valence-corrected chi connectivity index (χ2v) is 3.25. The number of hydrogen-bond acceptors (Lipinski definition) is 3. The molecule has 0 aliphatic rings. The lowest BCUT2D eigenvalue weighted by Gasteiger charge is -2.13. The van der Waals surface area contributed by atoms with E-state index in [0.29, 0.717) is 6.20 Å². The standard InChI is InChI=1S/C8H8ClF3N2O/c9-7-5(6(13)3-15)1-4(2-14-7)8(10,11)12/h1-2,6,15H,3,13H2. The van der Waals surface area contributed by atoms with Gasteiger partial charge < -0.3 is 10.8 Å². The van der Waals surface area contributed by atoms with Crippen molar-refractivity contribution in [3.05, 3.63) is 28.5 Å². The van der Waals surface area contributed by atoms with Gasteiger partial charge in [0.05, 0.1) is 18.2 Å². The van der Waals surface area contributed by atoms with Crippen LogP contribution in [0.1, 0.15) is 17.2 Å². The van der Waals surface area contributed by atoms with Gasteiger partial charge in [0, 0.05) is 11.8 Å². The SMILES string of the molecule is NC(CO)c1cc(C(F)(F)F)cnc1Cl. The summed E-state index contributed by atoms with van der Waals surface area (Å²) in [6, 6.07) is -0.178. The summed E-state index contributed by atoms with van der Waals surface area (Å²) in [5.74, 6) is 0. The highest BCUT2D eigenvalue weighted by Gasteiger charge is 2.32. The van der Waals surface area contributed by atoms with E-state index >= 15 is 0 Å². The smallest absolute Gasteiger partial charge is 0.394 e. The summed E-state index contributed by atoms with van der Waals surface area (Å²) in [6.45, 7) is -0.497. The molecule has 1 aromatic heterocycles. The topological polar surface area (TPSA) is 59.1 Å². The van der Waals surface area contributed by atoms with Gasteiger partial charge >= 0.3 is 6.18 Å². The molecule has 1 unspecified atom stereocenters. The van der Waals surface area contributed by atoms with E-state index in [1.807, 2.05) is 0 Å². The zero-order valence-corrected chi connectivity index (χ0v) is 8.18. The third-order valence-corrected chi connectivity index (χ3v) is 2.11. The van der Waals surface area contributed by atoms with Gasteiger partial charge in [-0.15, -0.1) is 0 Å². The molecule has 0 saturated carbocycles. The predicted molar refractivity (Wildman–Crippen MR) is 48.3 cm³/mol. The molecule has 3 N–H and O–H groups in total. The maximum absolute atomic E-state index is 12.3. The Labute approximate surface area is 88.7 Å². The summed E-state index contributed by atoms with van der Waals surface area (Å²) in [4.78, 5) is 3.37. The van der Waals surface area contributed by atoms with Crippen molar-refractivity contribution < 1.29 is 18.3 Å². The first kappa shape index (κ1) is 12.2. The maximum Gasteiger partial charge on any atom is 0.417 e. The Balaban J connectivity index is 3.17. The first-order valence-corrected chi connectivity index (χ1v) is 4.33. The van der Waals surface area contributed by atoms with E-state index in [-0.39, 0.29) is 10.7 Å². The minimum absolute atomic E-state index is 0.0195. The number of pyridine rings is 1. The number of aromatic nitrogens is 1. The molecule has 0 bridgehead atoms. The summed E-state index contributed by atoms with van der Waals surface area (Å²) in [7, 11) is 0. The first-order chi connectivity index (χ1) is 6.86. The van der Waals surface area contributed by atoms with Crippen molar-refractivity contribution in [1.29, 1.82) is 0 Å². The lowest BCUT2D eigenvalue weighted by Crippen LogP contribution is -2.17. The molecular weight excluding hydrogens is 233 g/mol. The molecule has 84 valence electrons. The minimum atomic E-state index is -4.50. The number of nitrogens with two attached hydrogens (primary N) is 1. The molecule has 0 radical (unpaired) electrons. The van der Waals surface area contributed by atoms with Gasteiger partial charge in [-0.1, -0.05) is 11.6 Å². The third-order valence-electron chi connectivity index (χ3n) is 1.79. The van der Waals surface area contributed by atoms with Crippen molar-refractivity contribution in [3.63, 3.8) is 0 Å². The predicted octanol–water partition coefficient (Wildman–Crippen LogP) is 1.75. The van der Waals surface area contributed by atoms with Crippen molar-refractivity contribution in [2.45, 2.75) is 12.2 Å². The zero-order chi connectivity index (χ0) is 11.6. The van der Waals surface area contributed by atoms with Crippen molar-refractivity contribution in [3.8, 4) is 0 Å². The molecule has 0 saturated heterocycles. The van der Waals surface area contributed by atoms with Gasteiger partial charge in [0.1, 0.15) is 5.15 Å². The van der Waals surface area contributed by atoms with Crippen LogP contribution < -0.4 is 5.73 Å². The van der Waals surface area contributed by atoms with Crippen LogP contribution in [0.15, 0.2) is 12.3 Å². The van der Waals surface area contributed by atoms with Gasteiger partial charge in [-0.25, -0.2) is 4.98 Å². The summed E-state index contributed by atoms with van der Waals surface area (Å²) >= 11 is 5.55. The van der Waals surface area contributed by atoms with E-state index in [0.717, 1.165) is 6.07 Å². The van der Waals surface area contributed by atoms with Crippen molar-refractivity contribution in [2.24, 2.45) is 5.73 Å². The molecule has 0 aliphatic carbocycles. The van der Waals surface area contributed by atoms with E-state index in [2.05, 4.69) is 4.98 Å². The summed E-state index contributed by atoms with van der Waals surface area (Å²) in [5, 5.41) is 8.58. The molecule has 1 heterocycles. The van der Waals surface area contributed by atoms with Crippen LogP contribution in [0.3, 0.4) is 0 Å². The minimum Gasteiger partial charge on any atom is -0.394 e. The Kier molecular flexibility index (Phi) is 3.54. The van der Waals surface area contributed by atoms with Gasteiger partial charge in [0.2, 0.25) is 0 Å². The third kappa shape index (κ3) is 2.80. The van der Waals surface area contributed by atoms with E-state index in [4.69, 9.17) is 22.4 Å². The number of aliphatic hydroxyl groups is 1. The van der Waals surface area contributed by atoms with Gasteiger partial charge in [-0.2, -0.15) is 13.2 Å². The average molecular weight is 241 g/mol. The molecule has 3 nitrogen and oxygen atoms in total. The highest BCUT2D eigenvalue weighted by molar-refractivity contribution is 6.30. The van der Waals surface area contributed by atoms with Crippen LogP contribution in [0.5, 0.6) is 0 Å². The summed E-state index contributed by atoms with van der Waals surface area (Å²) in [6.07, 6.45) is -3.88. The second-order valence-electron chi connectivity index (χ2n) is 2.89. The number of halogens is 4.